The number of halogens is 1. The quantitative estimate of drug-likeness (QED) is 0.712. The summed E-state index contributed by atoms with van der Waals surface area (Å²) in [6.07, 6.45) is 4.25. The van der Waals surface area contributed by atoms with Crippen LogP contribution in [0.2, 0.25) is 0 Å². The number of hydrogen-bond acceptors (Lipinski definition) is 5. The van der Waals surface area contributed by atoms with Crippen molar-refractivity contribution < 1.29 is 14.6 Å². The summed E-state index contributed by atoms with van der Waals surface area (Å²) < 4.78 is 8.61. The standard InChI is InChI=1S/C22H29BrN4O3/c1-14-24-21(25-26(14)2)16-5-9-18(10-6-16)27-12-20(22(28)29)30-13-19(27)11-15-3-7-17(23)8-4-15/h3-4,7-8,16,18-20H,5-6,9-13H2,1-2H3,(H,28,29). The zero-order valence-corrected chi connectivity index (χ0v) is 19.1. The molecule has 2 unspecified atom stereocenters. The lowest BCUT2D eigenvalue weighted by atomic mass is 9.83. The van der Waals surface area contributed by atoms with E-state index in [2.05, 4.69) is 55.2 Å². The van der Waals surface area contributed by atoms with Crippen LogP contribution < -0.4 is 0 Å². The van der Waals surface area contributed by atoms with Gasteiger partial charge in [0.15, 0.2) is 11.9 Å². The van der Waals surface area contributed by atoms with E-state index in [9.17, 15) is 9.90 Å². The number of benzene rings is 1. The fourth-order valence-electron chi connectivity index (χ4n) is 4.71. The zero-order chi connectivity index (χ0) is 21.3. The summed E-state index contributed by atoms with van der Waals surface area (Å²) in [6, 6.07) is 8.91. The molecular weight excluding hydrogens is 448 g/mol. The number of carboxylic acids is 1. The number of ether oxygens (including phenoxy) is 1. The van der Waals surface area contributed by atoms with Crippen LogP contribution >= 0.6 is 15.9 Å². The van der Waals surface area contributed by atoms with Gasteiger partial charge in [-0.2, -0.15) is 5.10 Å². The number of aryl methyl sites for hydroxylation is 2. The van der Waals surface area contributed by atoms with Gasteiger partial charge in [-0.1, -0.05) is 28.1 Å². The molecule has 2 atom stereocenters. The van der Waals surface area contributed by atoms with E-state index in [-0.39, 0.29) is 6.04 Å². The first-order chi connectivity index (χ1) is 14.4. The van der Waals surface area contributed by atoms with Crippen molar-refractivity contribution >= 4 is 21.9 Å². The number of morpholine rings is 1. The van der Waals surface area contributed by atoms with E-state index in [0.29, 0.717) is 25.1 Å². The highest BCUT2D eigenvalue weighted by Gasteiger charge is 2.38. The molecule has 0 spiro atoms. The molecule has 8 heteroatoms. The van der Waals surface area contributed by atoms with Crippen molar-refractivity contribution in [2.75, 3.05) is 13.2 Å². The maximum absolute atomic E-state index is 11.6. The second-order valence-corrected chi connectivity index (χ2v) is 9.40. The number of rotatable bonds is 5. The van der Waals surface area contributed by atoms with E-state index in [1.165, 1.54) is 5.56 Å². The highest BCUT2D eigenvalue weighted by molar-refractivity contribution is 9.10. The van der Waals surface area contributed by atoms with E-state index in [4.69, 9.17) is 4.74 Å². The van der Waals surface area contributed by atoms with Crippen molar-refractivity contribution in [3.8, 4) is 0 Å². The van der Waals surface area contributed by atoms with Crippen LogP contribution in [0, 0.1) is 6.92 Å². The minimum Gasteiger partial charge on any atom is -0.479 e. The fourth-order valence-corrected chi connectivity index (χ4v) is 4.97. The van der Waals surface area contributed by atoms with E-state index >= 15 is 0 Å². The van der Waals surface area contributed by atoms with Crippen LogP contribution in [0.4, 0.5) is 0 Å². The van der Waals surface area contributed by atoms with E-state index in [1.54, 1.807) is 0 Å². The Kier molecular flexibility index (Phi) is 6.55. The summed E-state index contributed by atoms with van der Waals surface area (Å²) in [7, 11) is 1.93. The van der Waals surface area contributed by atoms with Crippen molar-refractivity contribution in [3.05, 3.63) is 46.0 Å². The van der Waals surface area contributed by atoms with Crippen LogP contribution in [-0.4, -0.2) is 62.1 Å². The Morgan fingerprint density at radius 1 is 1.23 bits per heavy atom. The molecule has 0 radical (unpaired) electrons. The molecule has 2 heterocycles. The van der Waals surface area contributed by atoms with Crippen LogP contribution in [0.5, 0.6) is 0 Å². The molecule has 1 aromatic carbocycles. The minimum absolute atomic E-state index is 0.193. The van der Waals surface area contributed by atoms with Crippen molar-refractivity contribution in [1.29, 1.82) is 0 Å². The largest absolute Gasteiger partial charge is 0.479 e. The summed E-state index contributed by atoms with van der Waals surface area (Å²) in [5.74, 6) is 1.41. The van der Waals surface area contributed by atoms with Gasteiger partial charge < -0.3 is 9.84 Å². The highest BCUT2D eigenvalue weighted by Crippen LogP contribution is 2.35. The van der Waals surface area contributed by atoms with Gasteiger partial charge in [0.05, 0.1) is 6.61 Å². The first-order valence-corrected chi connectivity index (χ1v) is 11.4. The van der Waals surface area contributed by atoms with E-state index in [1.807, 2.05) is 18.7 Å². The molecule has 1 saturated carbocycles. The zero-order valence-electron chi connectivity index (χ0n) is 17.5. The van der Waals surface area contributed by atoms with Crippen molar-refractivity contribution in [3.63, 3.8) is 0 Å². The molecular formula is C22H29BrN4O3. The monoisotopic (exact) mass is 476 g/mol. The minimum atomic E-state index is -0.871. The molecule has 0 amide bonds. The molecule has 0 bridgehead atoms. The van der Waals surface area contributed by atoms with Crippen molar-refractivity contribution in [2.24, 2.45) is 7.05 Å². The summed E-state index contributed by atoms with van der Waals surface area (Å²) in [5.41, 5.74) is 1.24. The van der Waals surface area contributed by atoms with Gasteiger partial charge in [0.1, 0.15) is 5.82 Å². The molecule has 1 aliphatic heterocycles. The van der Waals surface area contributed by atoms with Crippen molar-refractivity contribution in [1.82, 2.24) is 19.7 Å². The Labute approximate surface area is 185 Å². The lowest BCUT2D eigenvalue weighted by molar-refractivity contribution is -0.162. The van der Waals surface area contributed by atoms with Crippen LogP contribution in [0.25, 0.3) is 0 Å². The average molecular weight is 477 g/mol. The third-order valence-electron chi connectivity index (χ3n) is 6.52. The number of aliphatic carboxylic acids is 1. The third-order valence-corrected chi connectivity index (χ3v) is 7.05. The van der Waals surface area contributed by atoms with Crippen LogP contribution in [-0.2, 0) is 23.0 Å². The number of hydrogen-bond donors (Lipinski definition) is 1. The molecule has 2 fully saturated rings. The van der Waals surface area contributed by atoms with Gasteiger partial charge in [-0.15, -0.1) is 0 Å². The number of aromatic nitrogens is 3. The number of carboxylic acid groups (broad SMARTS) is 1. The summed E-state index contributed by atoms with van der Waals surface area (Å²) >= 11 is 3.49. The second kappa shape index (κ2) is 9.16. The van der Waals surface area contributed by atoms with Gasteiger partial charge >= 0.3 is 5.97 Å². The first-order valence-electron chi connectivity index (χ1n) is 10.6. The highest BCUT2D eigenvalue weighted by atomic mass is 79.9. The molecule has 1 N–H and O–H groups in total. The van der Waals surface area contributed by atoms with Gasteiger partial charge in [0, 0.05) is 36.1 Å². The predicted molar refractivity (Wildman–Crippen MR) is 116 cm³/mol. The topological polar surface area (TPSA) is 80.5 Å². The Hall–Kier alpha value is -1.77. The molecule has 2 aliphatic rings. The van der Waals surface area contributed by atoms with Gasteiger partial charge in [-0.05, 0) is 56.7 Å². The van der Waals surface area contributed by atoms with Gasteiger partial charge in [0.25, 0.3) is 0 Å². The van der Waals surface area contributed by atoms with E-state index < -0.39 is 12.1 Å². The van der Waals surface area contributed by atoms with Crippen LogP contribution in [0.15, 0.2) is 28.7 Å². The molecule has 2 aromatic rings. The molecule has 30 heavy (non-hydrogen) atoms. The van der Waals surface area contributed by atoms with Crippen molar-refractivity contribution in [2.45, 2.75) is 63.1 Å². The Morgan fingerprint density at radius 3 is 2.53 bits per heavy atom. The van der Waals surface area contributed by atoms with Gasteiger partial charge in [0.2, 0.25) is 0 Å². The lowest BCUT2D eigenvalue weighted by Crippen LogP contribution is -2.57. The van der Waals surface area contributed by atoms with Gasteiger partial charge in [-0.25, -0.2) is 9.78 Å². The Morgan fingerprint density at radius 2 is 1.93 bits per heavy atom. The smallest absolute Gasteiger partial charge is 0.334 e. The molecule has 1 aromatic heterocycles. The normalized spacial score (nSPS) is 27.8. The second-order valence-electron chi connectivity index (χ2n) is 8.49. The van der Waals surface area contributed by atoms with Gasteiger partial charge in [-0.3, -0.25) is 9.58 Å². The molecule has 1 aliphatic carbocycles. The van der Waals surface area contributed by atoms with E-state index in [0.717, 1.165) is 48.2 Å². The summed E-state index contributed by atoms with van der Waals surface area (Å²) in [4.78, 5) is 18.6. The van der Waals surface area contributed by atoms with Crippen LogP contribution in [0.1, 0.15) is 48.8 Å². The number of carbonyl (C=O) groups is 1. The maximum atomic E-state index is 11.6. The number of nitrogens with zero attached hydrogens (tertiary/aromatic N) is 4. The lowest BCUT2D eigenvalue weighted by Gasteiger charge is -2.45. The average Bonchev–Trinajstić information content (AvgIpc) is 3.08. The Bertz CT molecular complexity index is 858. The van der Waals surface area contributed by atoms with Crippen LogP contribution in [0.3, 0.4) is 0 Å². The molecule has 162 valence electrons. The third kappa shape index (κ3) is 4.76. The fraction of sp³-hybridized carbons (Fsp3) is 0.591. The SMILES string of the molecule is Cc1nc(C2CCC(N3CC(C(=O)O)OCC3Cc3ccc(Br)cc3)CC2)nn1C. The summed E-state index contributed by atoms with van der Waals surface area (Å²) in [5, 5.41) is 14.1. The summed E-state index contributed by atoms with van der Waals surface area (Å²) in [6.45, 7) is 2.88. The first kappa shape index (κ1) is 21.5. The Balaban J connectivity index is 1.45. The predicted octanol–water partition coefficient (Wildman–Crippen LogP) is 3.31. The molecule has 1 saturated heterocycles. The molecule has 7 nitrogen and oxygen atoms in total. The molecule has 4 rings (SSSR count). The maximum Gasteiger partial charge on any atom is 0.334 e.